The fourth-order valence-corrected chi connectivity index (χ4v) is 4.35. The number of nitrogens with zero attached hydrogens (tertiary/aromatic N) is 5. The van der Waals surface area contributed by atoms with Crippen LogP contribution in [0.15, 0.2) is 24.5 Å². The molecule has 0 spiro atoms. The first-order chi connectivity index (χ1) is 13.8. The topological polar surface area (TPSA) is 63.6 Å². The van der Waals surface area contributed by atoms with E-state index in [0.29, 0.717) is 11.8 Å². The highest BCUT2D eigenvalue weighted by atomic mass is 16.5. The van der Waals surface area contributed by atoms with E-state index in [2.05, 4.69) is 14.8 Å². The number of anilines is 1. The summed E-state index contributed by atoms with van der Waals surface area (Å²) in [5.74, 6) is 2.87. The maximum atomic E-state index is 6.17. The van der Waals surface area contributed by atoms with Crippen LogP contribution in [0.3, 0.4) is 0 Å². The van der Waals surface area contributed by atoms with Crippen LogP contribution in [0.2, 0.25) is 0 Å². The smallest absolute Gasteiger partial charge is 0.228 e. The van der Waals surface area contributed by atoms with Crippen LogP contribution >= 0.6 is 0 Å². The first-order valence-electron chi connectivity index (χ1n) is 10.4. The van der Waals surface area contributed by atoms with E-state index in [1.54, 1.807) is 12.4 Å². The van der Waals surface area contributed by atoms with Gasteiger partial charge in [0, 0.05) is 51.1 Å². The number of ether oxygens (including phenoxy) is 2. The van der Waals surface area contributed by atoms with Crippen LogP contribution in [-0.2, 0) is 17.7 Å². The van der Waals surface area contributed by atoms with E-state index in [0.717, 1.165) is 75.3 Å². The Morgan fingerprint density at radius 2 is 2.11 bits per heavy atom. The fourth-order valence-electron chi connectivity index (χ4n) is 4.35. The van der Waals surface area contributed by atoms with Crippen LogP contribution < -0.4 is 9.64 Å². The minimum atomic E-state index is 0.646. The molecule has 0 radical (unpaired) electrons. The summed E-state index contributed by atoms with van der Waals surface area (Å²) in [5.41, 5.74) is 2.26. The Kier molecular flexibility index (Phi) is 5.10. The summed E-state index contributed by atoms with van der Waals surface area (Å²) in [6.07, 6.45) is 7.97. The van der Waals surface area contributed by atoms with Crippen molar-refractivity contribution < 1.29 is 9.47 Å². The van der Waals surface area contributed by atoms with Crippen LogP contribution in [0.5, 0.6) is 11.6 Å². The summed E-state index contributed by atoms with van der Waals surface area (Å²) in [7, 11) is 0. The third kappa shape index (κ3) is 3.82. The number of fused-ring (bicyclic) bond motifs is 1. The van der Waals surface area contributed by atoms with E-state index in [9.17, 15) is 0 Å². The van der Waals surface area contributed by atoms with Crippen molar-refractivity contribution in [1.82, 2.24) is 19.9 Å². The highest BCUT2D eigenvalue weighted by Crippen LogP contribution is 2.32. The second kappa shape index (κ2) is 8.01. The second-order valence-corrected chi connectivity index (χ2v) is 7.95. The minimum Gasteiger partial charge on any atom is -0.437 e. The number of hydrogen-bond donors (Lipinski definition) is 0. The molecule has 7 heteroatoms. The molecule has 0 unspecified atom stereocenters. The van der Waals surface area contributed by atoms with Crippen molar-refractivity contribution in [3.8, 4) is 11.6 Å². The van der Waals surface area contributed by atoms with Crippen LogP contribution in [0.1, 0.15) is 30.5 Å². The summed E-state index contributed by atoms with van der Waals surface area (Å²) in [5, 5.41) is 0. The zero-order valence-electron chi connectivity index (χ0n) is 16.2. The molecule has 5 rings (SSSR count). The van der Waals surface area contributed by atoms with Gasteiger partial charge < -0.3 is 14.4 Å². The largest absolute Gasteiger partial charge is 0.437 e. The Morgan fingerprint density at radius 1 is 1.18 bits per heavy atom. The molecule has 0 amide bonds. The van der Waals surface area contributed by atoms with E-state index in [-0.39, 0.29) is 0 Å². The van der Waals surface area contributed by atoms with E-state index in [1.807, 2.05) is 12.1 Å². The van der Waals surface area contributed by atoms with Crippen molar-refractivity contribution >= 4 is 5.95 Å². The number of aromatic nitrogens is 3. The monoisotopic (exact) mass is 381 g/mol. The van der Waals surface area contributed by atoms with Crippen LogP contribution in [0.25, 0.3) is 0 Å². The van der Waals surface area contributed by atoms with Crippen molar-refractivity contribution in [2.24, 2.45) is 5.92 Å². The Hall–Kier alpha value is -2.25. The van der Waals surface area contributed by atoms with E-state index < -0.39 is 0 Å². The average Bonchev–Trinajstić information content (AvgIpc) is 3.43. The van der Waals surface area contributed by atoms with Gasteiger partial charge in [-0.3, -0.25) is 9.88 Å². The van der Waals surface area contributed by atoms with Gasteiger partial charge in [0.05, 0.1) is 18.5 Å². The molecule has 3 aliphatic rings. The fraction of sp³-hybridized carbons (Fsp3) is 0.571. The van der Waals surface area contributed by atoms with E-state index in [1.165, 1.54) is 19.3 Å². The van der Waals surface area contributed by atoms with Gasteiger partial charge in [0.2, 0.25) is 11.8 Å². The van der Waals surface area contributed by atoms with E-state index >= 15 is 0 Å². The molecule has 0 aliphatic carbocycles. The molecule has 28 heavy (non-hydrogen) atoms. The Balaban J connectivity index is 1.42. The van der Waals surface area contributed by atoms with Gasteiger partial charge in [-0.2, -0.15) is 4.98 Å². The summed E-state index contributed by atoms with van der Waals surface area (Å²) in [6, 6.07) is 3.81. The molecule has 148 valence electrons. The molecular formula is C21H27N5O2. The van der Waals surface area contributed by atoms with Gasteiger partial charge in [-0.1, -0.05) is 0 Å². The van der Waals surface area contributed by atoms with Gasteiger partial charge in [-0.25, -0.2) is 4.98 Å². The van der Waals surface area contributed by atoms with Crippen molar-refractivity contribution in [1.29, 1.82) is 0 Å². The Bertz CT molecular complexity index is 804. The molecule has 0 N–H and O–H groups in total. The van der Waals surface area contributed by atoms with Gasteiger partial charge >= 0.3 is 0 Å². The molecule has 0 aromatic carbocycles. The van der Waals surface area contributed by atoms with Gasteiger partial charge in [-0.05, 0) is 43.7 Å². The van der Waals surface area contributed by atoms with Gasteiger partial charge in [0.25, 0.3) is 0 Å². The third-order valence-electron chi connectivity index (χ3n) is 5.87. The lowest BCUT2D eigenvalue weighted by molar-refractivity contribution is 0.161. The number of hydrogen-bond acceptors (Lipinski definition) is 7. The van der Waals surface area contributed by atoms with Crippen molar-refractivity contribution in [3.63, 3.8) is 0 Å². The lowest BCUT2D eigenvalue weighted by atomic mass is 10.0. The standard InChI is InChI=1S/C21H27N5O2/c1-2-9-26(8-1)21-23-19-14-25(13-16-6-11-27-15-16)10-5-18(19)20(24-21)28-17-4-3-7-22-12-17/h3-4,7,12,16H,1-2,5-6,8-11,13-15H2/t16-/m0/s1. The number of pyridine rings is 1. The maximum absolute atomic E-state index is 6.17. The molecule has 2 fully saturated rings. The minimum absolute atomic E-state index is 0.646. The normalized spacial score (nSPS) is 22.4. The quantitative estimate of drug-likeness (QED) is 0.789. The first kappa shape index (κ1) is 17.8. The lowest BCUT2D eigenvalue weighted by Crippen LogP contribution is -2.36. The summed E-state index contributed by atoms with van der Waals surface area (Å²) >= 11 is 0. The van der Waals surface area contributed by atoms with Crippen molar-refractivity contribution in [3.05, 3.63) is 35.8 Å². The second-order valence-electron chi connectivity index (χ2n) is 7.95. The predicted molar refractivity (Wildman–Crippen MR) is 106 cm³/mol. The molecule has 0 bridgehead atoms. The Morgan fingerprint density at radius 3 is 2.89 bits per heavy atom. The lowest BCUT2D eigenvalue weighted by Gasteiger charge is -2.31. The molecule has 3 aliphatic heterocycles. The molecule has 7 nitrogen and oxygen atoms in total. The molecule has 2 aromatic rings. The molecule has 2 saturated heterocycles. The first-order valence-corrected chi connectivity index (χ1v) is 10.4. The van der Waals surface area contributed by atoms with Crippen molar-refractivity contribution in [2.45, 2.75) is 32.2 Å². The Labute approximate surface area is 165 Å². The number of rotatable bonds is 5. The summed E-state index contributed by atoms with van der Waals surface area (Å²) < 4.78 is 11.7. The van der Waals surface area contributed by atoms with Gasteiger partial charge in [-0.15, -0.1) is 0 Å². The molecule has 2 aromatic heterocycles. The zero-order valence-corrected chi connectivity index (χ0v) is 16.2. The SMILES string of the molecule is c1cncc(Oc2nc(N3CCCC3)nc3c2CCN(C[C@@H]2CCOC2)C3)c1. The molecular weight excluding hydrogens is 354 g/mol. The zero-order chi connectivity index (χ0) is 18.8. The summed E-state index contributed by atoms with van der Waals surface area (Å²) in [6.45, 7) is 6.79. The van der Waals surface area contributed by atoms with E-state index in [4.69, 9.17) is 19.4 Å². The highest BCUT2D eigenvalue weighted by Gasteiger charge is 2.28. The third-order valence-corrected chi connectivity index (χ3v) is 5.87. The van der Waals surface area contributed by atoms with Crippen molar-refractivity contribution in [2.75, 3.05) is 44.3 Å². The molecule has 0 saturated carbocycles. The average molecular weight is 381 g/mol. The predicted octanol–water partition coefficient (Wildman–Crippen LogP) is 2.66. The van der Waals surface area contributed by atoms with Gasteiger partial charge in [0.1, 0.15) is 5.75 Å². The molecule has 1 atom stereocenters. The maximum Gasteiger partial charge on any atom is 0.228 e. The highest BCUT2D eigenvalue weighted by molar-refractivity contribution is 5.43. The van der Waals surface area contributed by atoms with Crippen LogP contribution in [-0.4, -0.2) is 59.2 Å². The molecule has 5 heterocycles. The van der Waals surface area contributed by atoms with Gasteiger partial charge in [0.15, 0.2) is 0 Å². The summed E-state index contributed by atoms with van der Waals surface area (Å²) in [4.78, 5) is 18.7. The van der Waals surface area contributed by atoms with Crippen LogP contribution in [0.4, 0.5) is 5.95 Å². The van der Waals surface area contributed by atoms with Crippen LogP contribution in [0, 0.1) is 5.92 Å².